The van der Waals surface area contributed by atoms with E-state index in [-0.39, 0.29) is 29.3 Å². The molecular formula is C26H34N4O11. The minimum Gasteiger partial charge on any atom is -0.474 e. The third-order valence-corrected chi connectivity index (χ3v) is 4.83. The number of hydrogen-bond donors (Lipinski definition) is 2. The standard InChI is InChI=1S/C13H16N2O5.C8H8N2O5.C5H10O/c1-5-6-9(3)20-12-8(2)7-10(15(17)18)11(14-12)13(16)19-4;1-4-3-5(10(13)14)6(8(12)15-2)9-7(4)11;1-3-4-5(2)6/h5,7,9H,1,6H2,2-4H3;3H,1-2H3,(H,9,11);3,5-6H,1,4H2,2H3/t9-;;5-/m1.0/s1. The van der Waals surface area contributed by atoms with Gasteiger partial charge in [0.2, 0.25) is 17.3 Å². The van der Waals surface area contributed by atoms with Crippen molar-refractivity contribution in [1.82, 2.24) is 9.97 Å². The van der Waals surface area contributed by atoms with Crippen molar-refractivity contribution in [2.24, 2.45) is 0 Å². The molecule has 2 rings (SSSR count). The van der Waals surface area contributed by atoms with Crippen LogP contribution in [-0.2, 0) is 9.47 Å². The number of H-pyrrole nitrogens is 1. The lowest BCUT2D eigenvalue weighted by Gasteiger charge is -2.14. The summed E-state index contributed by atoms with van der Waals surface area (Å²) in [5.41, 5.74) is -1.62. The minimum atomic E-state index is -0.946. The summed E-state index contributed by atoms with van der Waals surface area (Å²) in [6.45, 7) is 13.6. The van der Waals surface area contributed by atoms with Gasteiger partial charge in [-0.15, -0.1) is 13.2 Å². The highest BCUT2D eigenvalue weighted by molar-refractivity contribution is 5.92. The Balaban J connectivity index is 0.000000669. The molecule has 0 saturated carbocycles. The van der Waals surface area contributed by atoms with Gasteiger partial charge in [0.15, 0.2) is 0 Å². The summed E-state index contributed by atoms with van der Waals surface area (Å²) >= 11 is 0. The molecule has 15 nitrogen and oxygen atoms in total. The second-order valence-electron chi connectivity index (χ2n) is 8.34. The molecule has 0 aliphatic heterocycles. The molecule has 0 unspecified atom stereocenters. The summed E-state index contributed by atoms with van der Waals surface area (Å²) in [5.74, 6) is -1.65. The van der Waals surface area contributed by atoms with Crippen molar-refractivity contribution in [3.8, 4) is 5.88 Å². The van der Waals surface area contributed by atoms with E-state index in [0.717, 1.165) is 20.3 Å². The Bertz CT molecular complexity index is 1320. The van der Waals surface area contributed by atoms with Crippen molar-refractivity contribution in [3.05, 3.63) is 90.5 Å². The summed E-state index contributed by atoms with van der Waals surface area (Å²) < 4.78 is 14.3. The highest BCUT2D eigenvalue weighted by Crippen LogP contribution is 2.26. The van der Waals surface area contributed by atoms with Crippen LogP contribution < -0.4 is 10.3 Å². The molecule has 0 amide bonds. The van der Waals surface area contributed by atoms with E-state index in [1.54, 1.807) is 26.0 Å². The van der Waals surface area contributed by atoms with Gasteiger partial charge in [-0.2, -0.15) is 4.98 Å². The van der Waals surface area contributed by atoms with Gasteiger partial charge < -0.3 is 24.3 Å². The monoisotopic (exact) mass is 578 g/mol. The SMILES string of the molecule is C=CC[C@@H](C)Oc1nc(C(=O)OC)c([N+](=O)[O-])cc1C.C=CC[C@H](C)O.COC(=O)c1[nH]c(=O)c(C)cc1[N+](=O)[O-]. The Morgan fingerprint density at radius 3 is 1.93 bits per heavy atom. The van der Waals surface area contributed by atoms with Crippen LogP contribution in [0, 0.1) is 34.1 Å². The van der Waals surface area contributed by atoms with Gasteiger partial charge >= 0.3 is 23.3 Å². The highest BCUT2D eigenvalue weighted by Gasteiger charge is 2.26. The zero-order valence-electron chi connectivity index (χ0n) is 23.7. The molecule has 41 heavy (non-hydrogen) atoms. The highest BCUT2D eigenvalue weighted by atomic mass is 16.6. The third-order valence-electron chi connectivity index (χ3n) is 4.83. The van der Waals surface area contributed by atoms with Gasteiger partial charge in [-0.1, -0.05) is 12.2 Å². The number of esters is 2. The van der Waals surface area contributed by atoms with E-state index in [1.165, 1.54) is 13.0 Å². The summed E-state index contributed by atoms with van der Waals surface area (Å²) in [6, 6.07) is 2.28. The first kappa shape index (κ1) is 36.1. The zero-order valence-corrected chi connectivity index (χ0v) is 23.7. The maximum Gasteiger partial charge on any atom is 0.364 e. The third kappa shape index (κ3) is 11.8. The molecule has 0 aromatic carbocycles. The summed E-state index contributed by atoms with van der Waals surface area (Å²) in [6.07, 6.45) is 4.25. The van der Waals surface area contributed by atoms with Crippen molar-refractivity contribution >= 4 is 23.3 Å². The lowest BCUT2D eigenvalue weighted by Crippen LogP contribution is -2.18. The molecule has 0 fully saturated rings. The Hall–Kier alpha value is -4.92. The van der Waals surface area contributed by atoms with Crippen LogP contribution in [0.15, 0.2) is 42.2 Å². The normalized spacial score (nSPS) is 11.2. The number of pyridine rings is 2. The van der Waals surface area contributed by atoms with E-state index >= 15 is 0 Å². The number of rotatable bonds is 10. The topological polar surface area (TPSA) is 214 Å². The number of aliphatic hydroxyl groups excluding tert-OH is 1. The number of aromatic nitrogens is 2. The van der Waals surface area contributed by atoms with E-state index in [4.69, 9.17) is 9.84 Å². The number of nitro groups is 2. The smallest absolute Gasteiger partial charge is 0.364 e. The maximum absolute atomic E-state index is 11.6. The van der Waals surface area contributed by atoms with Gasteiger partial charge in [0.05, 0.1) is 30.2 Å². The fraction of sp³-hybridized carbons (Fsp3) is 0.385. The van der Waals surface area contributed by atoms with Gasteiger partial charge in [0, 0.05) is 29.7 Å². The van der Waals surface area contributed by atoms with E-state index in [1.807, 2.05) is 6.92 Å². The Labute approximate surface area is 235 Å². The number of aromatic amines is 1. The van der Waals surface area contributed by atoms with Crippen LogP contribution in [0.4, 0.5) is 11.4 Å². The quantitative estimate of drug-likeness (QED) is 0.178. The largest absolute Gasteiger partial charge is 0.474 e. The van der Waals surface area contributed by atoms with Crippen LogP contribution in [0.25, 0.3) is 0 Å². The fourth-order valence-electron chi connectivity index (χ4n) is 2.82. The fourth-order valence-corrected chi connectivity index (χ4v) is 2.82. The average molecular weight is 579 g/mol. The number of aliphatic hydroxyl groups is 1. The molecule has 0 saturated heterocycles. The molecule has 0 radical (unpaired) electrons. The van der Waals surface area contributed by atoms with Crippen molar-refractivity contribution in [3.63, 3.8) is 0 Å². The van der Waals surface area contributed by atoms with Crippen LogP contribution in [-0.4, -0.2) is 63.3 Å². The number of ether oxygens (including phenoxy) is 3. The summed E-state index contributed by atoms with van der Waals surface area (Å²) in [5, 5.41) is 30.0. The summed E-state index contributed by atoms with van der Waals surface area (Å²) in [7, 11) is 2.21. The van der Waals surface area contributed by atoms with E-state index in [9.17, 15) is 34.6 Å². The van der Waals surface area contributed by atoms with Crippen LogP contribution in [0.1, 0.15) is 58.8 Å². The first-order valence-corrected chi connectivity index (χ1v) is 11.9. The maximum atomic E-state index is 11.6. The van der Waals surface area contributed by atoms with Crippen LogP contribution in [0.2, 0.25) is 0 Å². The van der Waals surface area contributed by atoms with Gasteiger partial charge in [-0.3, -0.25) is 25.0 Å². The molecule has 2 aromatic heterocycles. The van der Waals surface area contributed by atoms with Gasteiger partial charge in [-0.05, 0) is 34.1 Å². The lowest BCUT2D eigenvalue weighted by atomic mass is 10.2. The van der Waals surface area contributed by atoms with E-state index in [0.29, 0.717) is 18.4 Å². The molecule has 0 aliphatic carbocycles. The van der Waals surface area contributed by atoms with Crippen molar-refractivity contribution < 1.29 is 38.8 Å². The minimum absolute atomic E-state index is 0.161. The molecule has 0 spiro atoms. The van der Waals surface area contributed by atoms with Crippen molar-refractivity contribution in [2.45, 2.75) is 52.7 Å². The Morgan fingerprint density at radius 2 is 1.51 bits per heavy atom. The predicted octanol–water partition coefficient (Wildman–Crippen LogP) is 3.75. The first-order chi connectivity index (χ1) is 19.1. The number of methoxy groups -OCH3 is 2. The van der Waals surface area contributed by atoms with Crippen molar-refractivity contribution in [1.29, 1.82) is 0 Å². The van der Waals surface area contributed by atoms with Crippen LogP contribution in [0.3, 0.4) is 0 Å². The second-order valence-corrected chi connectivity index (χ2v) is 8.34. The van der Waals surface area contributed by atoms with Gasteiger partial charge in [0.1, 0.15) is 6.10 Å². The molecule has 2 aromatic rings. The van der Waals surface area contributed by atoms with E-state index in [2.05, 4.69) is 32.6 Å². The molecule has 224 valence electrons. The lowest BCUT2D eigenvalue weighted by molar-refractivity contribution is -0.385. The summed E-state index contributed by atoms with van der Waals surface area (Å²) in [4.78, 5) is 59.9. The van der Waals surface area contributed by atoms with Gasteiger partial charge in [0.25, 0.3) is 5.56 Å². The number of nitrogens with one attached hydrogen (secondary N) is 1. The molecular weight excluding hydrogens is 544 g/mol. The predicted molar refractivity (Wildman–Crippen MR) is 148 cm³/mol. The molecule has 2 atom stereocenters. The number of aryl methyl sites for hydroxylation is 2. The second kappa shape index (κ2) is 17.6. The number of carbonyl (C=O) groups excluding carboxylic acids is 2. The first-order valence-electron chi connectivity index (χ1n) is 11.9. The molecule has 2 N–H and O–H groups in total. The zero-order chi connectivity index (χ0) is 31.9. The number of carbonyl (C=O) groups is 2. The average Bonchev–Trinajstić information content (AvgIpc) is 2.90. The molecule has 2 heterocycles. The molecule has 15 heteroatoms. The van der Waals surface area contributed by atoms with Crippen LogP contribution >= 0.6 is 0 Å². The number of nitrogens with zero attached hydrogens (tertiary/aromatic N) is 3. The molecule has 0 bridgehead atoms. The van der Waals surface area contributed by atoms with E-state index < -0.39 is 44.4 Å². The number of hydrogen-bond acceptors (Lipinski definition) is 12. The van der Waals surface area contributed by atoms with Crippen molar-refractivity contribution in [2.75, 3.05) is 14.2 Å². The van der Waals surface area contributed by atoms with Gasteiger partial charge in [-0.25, -0.2) is 9.59 Å². The molecule has 0 aliphatic rings. The van der Waals surface area contributed by atoms with Crippen LogP contribution in [0.5, 0.6) is 5.88 Å². The Kier molecular flexibility index (Phi) is 15.5. The Morgan fingerprint density at radius 1 is 1.00 bits per heavy atom.